The summed E-state index contributed by atoms with van der Waals surface area (Å²) in [5.74, 6) is -3.49. The zero-order valence-corrected chi connectivity index (χ0v) is 12.1. The van der Waals surface area contributed by atoms with Gasteiger partial charge in [-0.1, -0.05) is 60.7 Å². The highest BCUT2D eigenvalue weighted by atomic mass is 16.5. The number of hydrogen-bond donors (Lipinski definition) is 2. The molecule has 0 saturated heterocycles. The maximum Gasteiger partial charge on any atom is 0.397 e. The SMILES string of the molecule is O=C(NC(C(=O)O)c1ccccc1)C(=O)OCc1ccccc1. The number of benzene rings is 2. The smallest absolute Gasteiger partial charge is 0.397 e. The number of carbonyl (C=O) groups excluding carboxylic acids is 2. The van der Waals surface area contributed by atoms with Gasteiger partial charge in [0, 0.05) is 0 Å². The first-order valence-electron chi connectivity index (χ1n) is 6.87. The fourth-order valence-electron chi connectivity index (χ4n) is 1.91. The molecule has 6 nitrogen and oxygen atoms in total. The van der Waals surface area contributed by atoms with Gasteiger partial charge in [-0.3, -0.25) is 4.79 Å². The van der Waals surface area contributed by atoms with Gasteiger partial charge in [0.15, 0.2) is 6.04 Å². The first-order chi connectivity index (χ1) is 11.1. The maximum atomic E-state index is 11.8. The van der Waals surface area contributed by atoms with Crippen LogP contribution < -0.4 is 5.32 Å². The quantitative estimate of drug-likeness (QED) is 0.647. The molecule has 0 aromatic heterocycles. The minimum atomic E-state index is -1.31. The van der Waals surface area contributed by atoms with E-state index in [2.05, 4.69) is 5.32 Å². The number of ether oxygens (including phenoxy) is 1. The Labute approximate surface area is 132 Å². The number of rotatable bonds is 5. The maximum absolute atomic E-state index is 11.8. The Hall–Kier alpha value is -3.15. The van der Waals surface area contributed by atoms with Gasteiger partial charge in [-0.2, -0.15) is 0 Å². The first-order valence-corrected chi connectivity index (χ1v) is 6.87. The van der Waals surface area contributed by atoms with E-state index in [9.17, 15) is 19.5 Å². The Morgan fingerprint density at radius 3 is 2.09 bits per heavy atom. The van der Waals surface area contributed by atoms with E-state index in [-0.39, 0.29) is 6.61 Å². The summed E-state index contributed by atoms with van der Waals surface area (Å²) < 4.78 is 4.86. The largest absolute Gasteiger partial charge is 0.479 e. The molecule has 2 aromatic carbocycles. The van der Waals surface area contributed by atoms with E-state index in [1.165, 1.54) is 0 Å². The van der Waals surface area contributed by atoms with Crippen molar-refractivity contribution in [3.05, 3.63) is 71.8 Å². The van der Waals surface area contributed by atoms with Crippen LogP contribution in [0.15, 0.2) is 60.7 Å². The van der Waals surface area contributed by atoms with Crippen LogP contribution in [-0.2, 0) is 25.7 Å². The topological polar surface area (TPSA) is 92.7 Å². The summed E-state index contributed by atoms with van der Waals surface area (Å²) in [5, 5.41) is 11.4. The predicted molar refractivity (Wildman–Crippen MR) is 81.2 cm³/mol. The standard InChI is InChI=1S/C17H15NO5/c19-15(17(22)23-11-12-7-3-1-4-8-12)18-14(16(20)21)13-9-5-2-6-10-13/h1-10,14H,11H2,(H,18,19)(H,20,21). The van der Waals surface area contributed by atoms with Crippen LogP contribution in [0.5, 0.6) is 0 Å². The lowest BCUT2D eigenvalue weighted by Crippen LogP contribution is -2.38. The van der Waals surface area contributed by atoms with Crippen LogP contribution in [0.25, 0.3) is 0 Å². The summed E-state index contributed by atoms with van der Waals surface area (Å²) in [5.41, 5.74) is 1.09. The molecule has 0 spiro atoms. The average molecular weight is 313 g/mol. The van der Waals surface area contributed by atoms with Crippen molar-refractivity contribution in [3.8, 4) is 0 Å². The van der Waals surface area contributed by atoms with Gasteiger partial charge in [-0.15, -0.1) is 0 Å². The molecule has 23 heavy (non-hydrogen) atoms. The van der Waals surface area contributed by atoms with Crippen molar-refractivity contribution >= 4 is 17.8 Å². The van der Waals surface area contributed by atoms with E-state index in [0.29, 0.717) is 5.56 Å². The van der Waals surface area contributed by atoms with Gasteiger partial charge in [-0.25, -0.2) is 9.59 Å². The molecule has 0 bridgehead atoms. The zero-order valence-electron chi connectivity index (χ0n) is 12.1. The summed E-state index contributed by atoms with van der Waals surface area (Å²) in [6.45, 7) is -0.0594. The van der Waals surface area contributed by atoms with Crippen LogP contribution in [0.3, 0.4) is 0 Å². The third-order valence-corrected chi connectivity index (χ3v) is 3.05. The van der Waals surface area contributed by atoms with Crippen molar-refractivity contribution in [2.75, 3.05) is 0 Å². The monoisotopic (exact) mass is 313 g/mol. The summed E-state index contributed by atoms with van der Waals surface area (Å²) in [6, 6.07) is 15.7. The summed E-state index contributed by atoms with van der Waals surface area (Å²) >= 11 is 0. The predicted octanol–water partition coefficient (Wildman–Crippen LogP) is 1.67. The highest BCUT2D eigenvalue weighted by Gasteiger charge is 2.26. The Bertz CT molecular complexity index is 685. The van der Waals surface area contributed by atoms with Crippen molar-refractivity contribution in [1.82, 2.24) is 5.32 Å². The number of nitrogens with one attached hydrogen (secondary N) is 1. The molecule has 1 atom stereocenters. The van der Waals surface area contributed by atoms with Crippen LogP contribution in [-0.4, -0.2) is 23.0 Å². The van der Waals surface area contributed by atoms with Gasteiger partial charge in [0.2, 0.25) is 0 Å². The molecule has 118 valence electrons. The zero-order chi connectivity index (χ0) is 16.7. The molecule has 1 amide bonds. The third-order valence-electron chi connectivity index (χ3n) is 3.05. The molecule has 0 aliphatic rings. The second-order valence-corrected chi connectivity index (χ2v) is 4.72. The van der Waals surface area contributed by atoms with Crippen LogP contribution in [0, 0.1) is 0 Å². The van der Waals surface area contributed by atoms with Gasteiger partial charge in [0.1, 0.15) is 6.61 Å². The van der Waals surface area contributed by atoms with Gasteiger partial charge in [0.25, 0.3) is 0 Å². The van der Waals surface area contributed by atoms with E-state index >= 15 is 0 Å². The van der Waals surface area contributed by atoms with Crippen molar-refractivity contribution in [2.24, 2.45) is 0 Å². The highest BCUT2D eigenvalue weighted by molar-refractivity contribution is 6.32. The molecule has 2 rings (SSSR count). The van der Waals surface area contributed by atoms with Gasteiger partial charge < -0.3 is 15.2 Å². The molecule has 1 unspecified atom stereocenters. The molecular weight excluding hydrogens is 298 g/mol. The molecule has 2 aromatic rings. The van der Waals surface area contributed by atoms with E-state index in [1.807, 2.05) is 6.07 Å². The number of carboxylic acids is 1. The average Bonchev–Trinajstić information content (AvgIpc) is 2.58. The van der Waals surface area contributed by atoms with Gasteiger partial charge >= 0.3 is 17.8 Å². The number of esters is 1. The van der Waals surface area contributed by atoms with Crippen LogP contribution in [0.2, 0.25) is 0 Å². The van der Waals surface area contributed by atoms with E-state index in [0.717, 1.165) is 5.56 Å². The minimum Gasteiger partial charge on any atom is -0.479 e. The van der Waals surface area contributed by atoms with Gasteiger partial charge in [-0.05, 0) is 11.1 Å². The van der Waals surface area contributed by atoms with Gasteiger partial charge in [0.05, 0.1) is 0 Å². The lowest BCUT2D eigenvalue weighted by atomic mass is 10.1. The van der Waals surface area contributed by atoms with Crippen molar-refractivity contribution < 1.29 is 24.2 Å². The summed E-state index contributed by atoms with van der Waals surface area (Å²) in [6.07, 6.45) is 0. The number of hydrogen-bond acceptors (Lipinski definition) is 4. The third kappa shape index (κ3) is 4.67. The fourth-order valence-corrected chi connectivity index (χ4v) is 1.91. The Balaban J connectivity index is 1.96. The Kier molecular flexibility index (Phi) is 5.46. The summed E-state index contributed by atoms with van der Waals surface area (Å²) in [4.78, 5) is 34.8. The number of aliphatic carboxylic acids is 1. The highest BCUT2D eigenvalue weighted by Crippen LogP contribution is 2.12. The van der Waals surface area contributed by atoms with Crippen molar-refractivity contribution in [3.63, 3.8) is 0 Å². The number of amides is 1. The molecule has 6 heteroatoms. The minimum absolute atomic E-state index is 0.0594. The Morgan fingerprint density at radius 2 is 1.52 bits per heavy atom. The second kappa shape index (κ2) is 7.74. The lowest BCUT2D eigenvalue weighted by molar-refractivity contribution is -0.157. The molecule has 0 saturated carbocycles. The number of carboxylic acid groups (broad SMARTS) is 1. The lowest BCUT2D eigenvalue weighted by Gasteiger charge is -2.14. The molecular formula is C17H15NO5. The second-order valence-electron chi connectivity index (χ2n) is 4.72. The molecule has 0 aliphatic carbocycles. The van der Waals surface area contributed by atoms with Crippen LogP contribution in [0.4, 0.5) is 0 Å². The molecule has 0 fully saturated rings. The van der Waals surface area contributed by atoms with E-state index in [4.69, 9.17) is 4.74 Å². The molecule has 2 N–H and O–H groups in total. The molecule has 0 heterocycles. The van der Waals surface area contributed by atoms with E-state index in [1.54, 1.807) is 54.6 Å². The van der Waals surface area contributed by atoms with Crippen molar-refractivity contribution in [1.29, 1.82) is 0 Å². The normalized spacial score (nSPS) is 11.3. The van der Waals surface area contributed by atoms with Crippen LogP contribution in [0.1, 0.15) is 17.2 Å². The molecule has 0 radical (unpaired) electrons. The first kappa shape index (κ1) is 16.2. The fraction of sp³-hybridized carbons (Fsp3) is 0.118. The summed E-state index contributed by atoms with van der Waals surface area (Å²) in [7, 11) is 0. The Morgan fingerprint density at radius 1 is 0.957 bits per heavy atom. The van der Waals surface area contributed by atoms with E-state index < -0.39 is 23.9 Å². The number of carbonyl (C=O) groups is 3. The van der Waals surface area contributed by atoms with Crippen LogP contribution >= 0.6 is 0 Å². The van der Waals surface area contributed by atoms with Crippen molar-refractivity contribution in [2.45, 2.75) is 12.6 Å². The molecule has 0 aliphatic heterocycles.